The summed E-state index contributed by atoms with van der Waals surface area (Å²) >= 11 is 0. The molecule has 0 amide bonds. The number of aromatic nitrogens is 2. The first kappa shape index (κ1) is 17.3. The van der Waals surface area contributed by atoms with Crippen LogP contribution in [0.3, 0.4) is 0 Å². The van der Waals surface area contributed by atoms with Gasteiger partial charge in [-0.2, -0.15) is 4.98 Å². The Balaban J connectivity index is 0.00000182. The van der Waals surface area contributed by atoms with Crippen molar-refractivity contribution in [1.29, 1.82) is 0 Å². The zero-order valence-electron chi connectivity index (χ0n) is 13.9. The van der Waals surface area contributed by atoms with E-state index in [0.29, 0.717) is 18.9 Å². The Morgan fingerprint density at radius 2 is 1.92 bits per heavy atom. The fourth-order valence-electron chi connectivity index (χ4n) is 3.26. The van der Waals surface area contributed by atoms with Gasteiger partial charge in [-0.3, -0.25) is 0 Å². The molecule has 1 aliphatic rings. The van der Waals surface area contributed by atoms with Gasteiger partial charge in [0.2, 0.25) is 5.89 Å². The maximum Gasteiger partial charge on any atom is 0.231 e. The molecule has 1 aliphatic heterocycles. The average Bonchev–Trinajstić information content (AvgIpc) is 3.04. The number of hydrogen-bond donors (Lipinski definition) is 1. The van der Waals surface area contributed by atoms with Gasteiger partial charge in [0.25, 0.3) is 0 Å². The van der Waals surface area contributed by atoms with Crippen molar-refractivity contribution in [1.82, 2.24) is 10.1 Å². The van der Waals surface area contributed by atoms with E-state index in [2.05, 4.69) is 33.2 Å². The predicted octanol–water partition coefficient (Wildman–Crippen LogP) is 3.62. The summed E-state index contributed by atoms with van der Waals surface area (Å²) in [5.41, 5.74) is 10.6. The second kappa shape index (κ2) is 7.57. The highest BCUT2D eigenvalue weighted by molar-refractivity contribution is 5.85. The summed E-state index contributed by atoms with van der Waals surface area (Å²) in [4.78, 5) is 6.83. The molecule has 0 radical (unpaired) electrons. The number of nitrogen functional groups attached to an aromatic ring is 1. The highest BCUT2D eigenvalue weighted by Gasteiger charge is 2.20. The largest absolute Gasteiger partial charge is 0.398 e. The molecule has 6 heteroatoms. The van der Waals surface area contributed by atoms with Gasteiger partial charge >= 0.3 is 0 Å². The van der Waals surface area contributed by atoms with E-state index in [1.165, 1.54) is 16.8 Å². The van der Waals surface area contributed by atoms with Crippen LogP contribution in [0.5, 0.6) is 0 Å². The van der Waals surface area contributed by atoms with Gasteiger partial charge in [0.1, 0.15) is 0 Å². The van der Waals surface area contributed by atoms with Crippen molar-refractivity contribution < 1.29 is 4.52 Å². The van der Waals surface area contributed by atoms with E-state index in [4.69, 9.17) is 10.3 Å². The maximum atomic E-state index is 6.11. The van der Waals surface area contributed by atoms with Crippen molar-refractivity contribution in [3.63, 3.8) is 0 Å². The minimum Gasteiger partial charge on any atom is -0.398 e. The summed E-state index contributed by atoms with van der Waals surface area (Å²) in [6.07, 6.45) is 2.79. The van der Waals surface area contributed by atoms with Crippen molar-refractivity contribution in [3.8, 4) is 0 Å². The van der Waals surface area contributed by atoms with Crippen molar-refractivity contribution in [3.05, 3.63) is 71.4 Å². The highest BCUT2D eigenvalue weighted by atomic mass is 35.5. The van der Waals surface area contributed by atoms with Gasteiger partial charge in [-0.15, -0.1) is 12.4 Å². The Labute approximate surface area is 153 Å². The first-order chi connectivity index (χ1) is 11.8. The number of benzene rings is 2. The molecule has 0 atom stereocenters. The number of fused-ring (bicyclic) bond motifs is 1. The maximum absolute atomic E-state index is 6.11. The van der Waals surface area contributed by atoms with Gasteiger partial charge < -0.3 is 15.2 Å². The van der Waals surface area contributed by atoms with Crippen LogP contribution >= 0.6 is 12.4 Å². The zero-order chi connectivity index (χ0) is 16.4. The van der Waals surface area contributed by atoms with E-state index in [1.54, 1.807) is 0 Å². The number of anilines is 2. The molecule has 1 aromatic heterocycles. The van der Waals surface area contributed by atoms with Crippen molar-refractivity contribution in [2.45, 2.75) is 25.8 Å². The van der Waals surface area contributed by atoms with Gasteiger partial charge in [-0.05, 0) is 36.1 Å². The number of rotatable bonds is 4. The van der Waals surface area contributed by atoms with Gasteiger partial charge in [0, 0.05) is 17.9 Å². The number of nitrogens with zero attached hydrogens (tertiary/aromatic N) is 3. The molecule has 2 N–H and O–H groups in total. The summed E-state index contributed by atoms with van der Waals surface area (Å²) < 4.78 is 5.41. The zero-order valence-corrected chi connectivity index (χ0v) is 14.7. The lowest BCUT2D eigenvalue weighted by Crippen LogP contribution is -2.29. The van der Waals surface area contributed by atoms with Gasteiger partial charge in [-0.1, -0.05) is 41.6 Å². The number of hydrogen-bond acceptors (Lipinski definition) is 5. The van der Waals surface area contributed by atoms with E-state index in [1.807, 2.05) is 30.3 Å². The second-order valence-corrected chi connectivity index (χ2v) is 6.14. The van der Waals surface area contributed by atoms with Crippen molar-refractivity contribution in [2.24, 2.45) is 0 Å². The standard InChI is InChI=1S/C19H20N4O.ClH/c20-16-9-4-10-17-15(16)8-5-11-23(17)13-18-21-19(24-22-18)12-14-6-2-1-3-7-14;/h1-4,6-7,9-10H,5,8,11-13,20H2;1H. The highest BCUT2D eigenvalue weighted by Crippen LogP contribution is 2.31. The summed E-state index contributed by atoms with van der Waals surface area (Å²) in [5.74, 6) is 1.37. The van der Waals surface area contributed by atoms with Crippen LogP contribution in [-0.4, -0.2) is 16.7 Å². The Hall–Kier alpha value is -2.53. The normalized spacial score (nSPS) is 13.2. The van der Waals surface area contributed by atoms with Crippen LogP contribution in [0.25, 0.3) is 0 Å². The number of nitrogens with two attached hydrogens (primary N) is 1. The van der Waals surface area contributed by atoms with Gasteiger partial charge in [-0.25, -0.2) is 0 Å². The first-order valence-electron chi connectivity index (χ1n) is 8.27. The molecule has 3 aromatic rings. The molecule has 5 nitrogen and oxygen atoms in total. The molecular formula is C19H21ClN4O. The Morgan fingerprint density at radius 1 is 1.08 bits per heavy atom. The van der Waals surface area contributed by atoms with Crippen LogP contribution in [0.1, 0.15) is 29.3 Å². The monoisotopic (exact) mass is 356 g/mol. The number of halogens is 1. The van der Waals surface area contributed by atoms with Crippen molar-refractivity contribution >= 4 is 23.8 Å². The topological polar surface area (TPSA) is 68.2 Å². The van der Waals surface area contributed by atoms with Crippen LogP contribution in [0.4, 0.5) is 11.4 Å². The smallest absolute Gasteiger partial charge is 0.231 e. The molecule has 0 saturated heterocycles. The third-order valence-electron chi connectivity index (χ3n) is 4.42. The molecule has 0 unspecified atom stereocenters. The SMILES string of the molecule is Cl.Nc1cccc2c1CCCN2Cc1noc(Cc2ccccc2)n1. The molecule has 130 valence electrons. The van der Waals surface area contributed by atoms with Crippen LogP contribution in [0.2, 0.25) is 0 Å². The molecule has 4 rings (SSSR count). The molecule has 0 aliphatic carbocycles. The minimum absolute atomic E-state index is 0. The van der Waals surface area contributed by atoms with Crippen LogP contribution in [-0.2, 0) is 19.4 Å². The van der Waals surface area contributed by atoms with E-state index in [-0.39, 0.29) is 12.4 Å². The third kappa shape index (κ3) is 3.77. The molecule has 0 spiro atoms. The quantitative estimate of drug-likeness (QED) is 0.723. The molecule has 0 bridgehead atoms. The van der Waals surface area contributed by atoms with Crippen LogP contribution in [0.15, 0.2) is 53.1 Å². The van der Waals surface area contributed by atoms with Crippen LogP contribution < -0.4 is 10.6 Å². The van der Waals surface area contributed by atoms with Gasteiger partial charge in [0.15, 0.2) is 5.82 Å². The summed E-state index contributed by atoms with van der Waals surface area (Å²) in [7, 11) is 0. The summed E-state index contributed by atoms with van der Waals surface area (Å²) in [6, 6.07) is 16.3. The molecule has 25 heavy (non-hydrogen) atoms. The molecular weight excluding hydrogens is 336 g/mol. The predicted molar refractivity (Wildman–Crippen MR) is 101 cm³/mol. The third-order valence-corrected chi connectivity index (χ3v) is 4.42. The van der Waals surface area contributed by atoms with E-state index in [9.17, 15) is 0 Å². The van der Waals surface area contributed by atoms with E-state index < -0.39 is 0 Å². The van der Waals surface area contributed by atoms with Crippen molar-refractivity contribution in [2.75, 3.05) is 17.2 Å². The Kier molecular flexibility index (Phi) is 5.24. The lowest BCUT2D eigenvalue weighted by Gasteiger charge is -2.30. The minimum atomic E-state index is 0. The Bertz CT molecular complexity index is 834. The second-order valence-electron chi connectivity index (χ2n) is 6.14. The fourth-order valence-corrected chi connectivity index (χ4v) is 3.26. The molecule has 2 aromatic carbocycles. The summed E-state index contributed by atoms with van der Waals surface area (Å²) in [6.45, 7) is 1.63. The van der Waals surface area contributed by atoms with Crippen LogP contribution in [0, 0.1) is 0 Å². The lowest BCUT2D eigenvalue weighted by molar-refractivity contribution is 0.379. The van der Waals surface area contributed by atoms with E-state index >= 15 is 0 Å². The fraction of sp³-hybridized carbons (Fsp3) is 0.263. The molecule has 0 fully saturated rings. The molecule has 2 heterocycles. The lowest BCUT2D eigenvalue weighted by atomic mass is 10.00. The first-order valence-corrected chi connectivity index (χ1v) is 8.27. The Morgan fingerprint density at radius 3 is 2.76 bits per heavy atom. The van der Waals surface area contributed by atoms with Gasteiger partial charge in [0.05, 0.1) is 13.0 Å². The average molecular weight is 357 g/mol. The summed E-state index contributed by atoms with van der Waals surface area (Å²) in [5, 5.41) is 4.14. The molecule has 0 saturated carbocycles. The van der Waals surface area contributed by atoms with E-state index in [0.717, 1.165) is 30.9 Å².